The number of carbonyl (C=O) groups excluding carboxylic acids is 1. The van der Waals surface area contributed by atoms with Crippen molar-refractivity contribution in [3.63, 3.8) is 0 Å². The number of aromatic nitrogens is 2. The molecule has 0 radical (unpaired) electrons. The number of halogens is 2. The van der Waals surface area contributed by atoms with E-state index in [1.807, 2.05) is 31.2 Å². The van der Waals surface area contributed by atoms with Crippen LogP contribution in [-0.4, -0.2) is 44.7 Å². The number of rotatable bonds is 4. The molecule has 0 aliphatic carbocycles. The normalized spacial score (nSPS) is 13.8. The summed E-state index contributed by atoms with van der Waals surface area (Å²) in [7, 11) is 0. The molecular weight excluding hydrogens is 467 g/mol. The number of amidine groups is 2. The summed E-state index contributed by atoms with van der Waals surface area (Å²) in [5.41, 5.74) is 9.52. The number of carbonyl (C=O) groups is 1. The molecule has 2 heterocycles. The first-order chi connectivity index (χ1) is 14.4. The fourth-order valence-corrected chi connectivity index (χ4v) is 4.52. The fourth-order valence-electron chi connectivity index (χ4n) is 3.79. The van der Waals surface area contributed by atoms with Crippen molar-refractivity contribution < 1.29 is 4.79 Å². The van der Waals surface area contributed by atoms with Crippen LogP contribution in [0.2, 0.25) is 0 Å². The molecule has 0 spiro atoms. The largest absolute Gasteiger partial charge is 0.384 e. The number of likely N-dealkylation sites (tertiary alicyclic amines) is 1. The van der Waals surface area contributed by atoms with Gasteiger partial charge in [-0.2, -0.15) is 0 Å². The number of H-pyrrole nitrogens is 1. The third-order valence-electron chi connectivity index (χ3n) is 5.55. The Morgan fingerprint density at radius 1 is 1.09 bits per heavy atom. The van der Waals surface area contributed by atoms with E-state index in [1.165, 1.54) is 5.56 Å². The molecule has 0 unspecified atom stereocenters. The van der Waals surface area contributed by atoms with Crippen molar-refractivity contribution in [2.45, 2.75) is 30.8 Å². The van der Waals surface area contributed by atoms with Gasteiger partial charge in [-0.3, -0.25) is 15.6 Å². The van der Waals surface area contributed by atoms with Gasteiger partial charge in [0.05, 0.1) is 16.9 Å². The van der Waals surface area contributed by atoms with E-state index in [2.05, 4.69) is 14.9 Å². The minimum atomic E-state index is -0.0679. The second-order valence-corrected chi connectivity index (χ2v) is 8.51. The van der Waals surface area contributed by atoms with Gasteiger partial charge >= 0.3 is 0 Å². The zero-order chi connectivity index (χ0) is 21.3. The average molecular weight is 493 g/mol. The predicted octanol–water partition coefficient (Wildman–Crippen LogP) is 4.80. The zero-order valence-electron chi connectivity index (χ0n) is 17.6. The maximum atomic E-state index is 12.7. The standard InChI is InChI=1S/C22H24N6OS.2ClH/c1-13(23)28-10-8-15(9-11-28)14-2-4-16(5-3-14)21(29)30-22-26-18-7-6-17(20(24)25)12-19(18)27-22;;/h2-7,12,15,23H,8-11H2,1H3,(H3,24,25)(H,26,27);2*1H. The van der Waals surface area contributed by atoms with Crippen LogP contribution in [0.15, 0.2) is 47.6 Å². The number of benzene rings is 2. The number of thioether (sulfide) groups is 1. The molecular formula is C22H26Cl2N6OS. The summed E-state index contributed by atoms with van der Waals surface area (Å²) in [6, 6.07) is 13.2. The molecule has 0 amide bonds. The highest BCUT2D eigenvalue weighted by Crippen LogP contribution is 2.29. The third kappa shape index (κ3) is 5.62. The van der Waals surface area contributed by atoms with Crippen molar-refractivity contribution >= 4 is 64.4 Å². The molecule has 0 bridgehead atoms. The minimum absolute atomic E-state index is 0. The molecule has 1 aliphatic heterocycles. The van der Waals surface area contributed by atoms with Gasteiger partial charge in [0.25, 0.3) is 0 Å². The van der Waals surface area contributed by atoms with E-state index in [4.69, 9.17) is 16.6 Å². The Bertz CT molecular complexity index is 1120. The fraction of sp³-hybridized carbons (Fsp3) is 0.273. The smallest absolute Gasteiger partial charge is 0.227 e. The third-order valence-corrected chi connectivity index (χ3v) is 6.36. The first-order valence-electron chi connectivity index (χ1n) is 9.87. The molecule has 1 aliphatic rings. The molecule has 0 saturated carbocycles. The molecule has 3 aromatic rings. The van der Waals surface area contributed by atoms with Gasteiger partial charge in [-0.15, -0.1) is 24.8 Å². The molecule has 1 fully saturated rings. The zero-order valence-corrected chi connectivity index (χ0v) is 20.0. The number of hydrogen-bond donors (Lipinski definition) is 4. The van der Waals surface area contributed by atoms with E-state index in [9.17, 15) is 4.79 Å². The van der Waals surface area contributed by atoms with Gasteiger partial charge in [0.15, 0.2) is 5.16 Å². The number of piperidine rings is 1. The molecule has 170 valence electrons. The van der Waals surface area contributed by atoms with E-state index >= 15 is 0 Å². The van der Waals surface area contributed by atoms with Crippen LogP contribution in [-0.2, 0) is 0 Å². The summed E-state index contributed by atoms with van der Waals surface area (Å²) in [6.07, 6.45) is 2.05. The predicted molar refractivity (Wildman–Crippen MR) is 135 cm³/mol. The van der Waals surface area contributed by atoms with Crippen LogP contribution < -0.4 is 5.73 Å². The van der Waals surface area contributed by atoms with E-state index < -0.39 is 0 Å². The second-order valence-electron chi connectivity index (χ2n) is 7.55. The summed E-state index contributed by atoms with van der Waals surface area (Å²) in [5, 5.41) is 15.7. The van der Waals surface area contributed by atoms with Crippen molar-refractivity contribution in [2.75, 3.05) is 13.1 Å². The molecule has 32 heavy (non-hydrogen) atoms. The molecule has 4 rings (SSSR count). The highest BCUT2D eigenvalue weighted by Gasteiger charge is 2.21. The summed E-state index contributed by atoms with van der Waals surface area (Å²) in [6.45, 7) is 3.66. The maximum absolute atomic E-state index is 12.7. The number of nitrogens with zero attached hydrogens (tertiary/aromatic N) is 2. The summed E-state index contributed by atoms with van der Waals surface area (Å²) in [5.74, 6) is 1.10. The minimum Gasteiger partial charge on any atom is -0.384 e. The van der Waals surface area contributed by atoms with Crippen LogP contribution in [0.4, 0.5) is 0 Å². The number of aromatic amines is 1. The summed E-state index contributed by atoms with van der Waals surface area (Å²) < 4.78 is 0. The van der Waals surface area contributed by atoms with E-state index in [0.717, 1.165) is 48.7 Å². The van der Waals surface area contributed by atoms with Crippen LogP contribution >= 0.6 is 36.6 Å². The topological polar surface area (TPSA) is 123 Å². The lowest BCUT2D eigenvalue weighted by atomic mass is 9.89. The Kier molecular flexibility index (Phi) is 8.72. The summed E-state index contributed by atoms with van der Waals surface area (Å²) >= 11 is 1.06. The van der Waals surface area contributed by atoms with Gasteiger partial charge in [-0.25, -0.2) is 4.98 Å². The highest BCUT2D eigenvalue weighted by molar-refractivity contribution is 8.14. The van der Waals surface area contributed by atoms with Crippen LogP contribution in [0.1, 0.15) is 47.2 Å². The Labute approximate surface area is 203 Å². The van der Waals surface area contributed by atoms with Gasteiger partial charge in [-0.1, -0.05) is 24.3 Å². The number of hydrogen-bond acceptors (Lipinski definition) is 5. The number of nitrogen functional groups attached to an aromatic ring is 1. The second kappa shape index (κ2) is 10.8. The van der Waals surface area contributed by atoms with Crippen molar-refractivity contribution in [1.29, 1.82) is 10.8 Å². The number of nitrogens with one attached hydrogen (secondary N) is 3. The lowest BCUT2D eigenvalue weighted by molar-refractivity contribution is 0.108. The Hall–Kier alpha value is -2.55. The monoisotopic (exact) mass is 492 g/mol. The van der Waals surface area contributed by atoms with Gasteiger partial charge in [-0.05, 0) is 61.2 Å². The molecule has 1 saturated heterocycles. The molecule has 0 atom stereocenters. The van der Waals surface area contributed by atoms with E-state index in [-0.39, 0.29) is 35.8 Å². The highest BCUT2D eigenvalue weighted by atomic mass is 35.5. The molecule has 5 N–H and O–H groups in total. The SMILES string of the molecule is CC(=N)N1CCC(c2ccc(C(=O)Sc3nc4ccc(C(=N)N)cc4[nH]3)cc2)CC1.Cl.Cl. The quantitative estimate of drug-likeness (QED) is 0.236. The van der Waals surface area contributed by atoms with Gasteiger partial charge in [0.2, 0.25) is 5.12 Å². The molecule has 1 aromatic heterocycles. The first-order valence-corrected chi connectivity index (χ1v) is 10.7. The average Bonchev–Trinajstić information content (AvgIpc) is 3.15. The van der Waals surface area contributed by atoms with Crippen molar-refractivity contribution in [3.8, 4) is 0 Å². The van der Waals surface area contributed by atoms with Crippen molar-refractivity contribution in [3.05, 3.63) is 59.2 Å². The lowest BCUT2D eigenvalue weighted by Crippen LogP contribution is -2.35. The van der Waals surface area contributed by atoms with E-state index in [1.54, 1.807) is 18.2 Å². The summed E-state index contributed by atoms with van der Waals surface area (Å²) in [4.78, 5) is 22.4. The lowest BCUT2D eigenvalue weighted by Gasteiger charge is -2.33. The van der Waals surface area contributed by atoms with Crippen molar-refractivity contribution in [2.24, 2.45) is 5.73 Å². The first kappa shape index (κ1) is 25.7. The number of fused-ring (bicyclic) bond motifs is 1. The number of imidazole rings is 1. The Morgan fingerprint density at radius 2 is 1.72 bits per heavy atom. The van der Waals surface area contributed by atoms with Crippen LogP contribution in [0, 0.1) is 10.8 Å². The van der Waals surface area contributed by atoms with E-state index in [0.29, 0.717) is 28.0 Å². The van der Waals surface area contributed by atoms with Crippen LogP contribution in [0.25, 0.3) is 11.0 Å². The molecule has 7 nitrogen and oxygen atoms in total. The van der Waals surface area contributed by atoms with Gasteiger partial charge in [0, 0.05) is 24.2 Å². The Balaban J connectivity index is 0.00000181. The van der Waals surface area contributed by atoms with Crippen molar-refractivity contribution in [1.82, 2.24) is 14.9 Å². The molecule has 10 heteroatoms. The molecule has 2 aromatic carbocycles. The number of nitrogens with two attached hydrogens (primary N) is 1. The maximum Gasteiger partial charge on any atom is 0.227 e. The van der Waals surface area contributed by atoms with Gasteiger partial charge < -0.3 is 15.6 Å². The Morgan fingerprint density at radius 3 is 2.31 bits per heavy atom. The van der Waals surface area contributed by atoms with Gasteiger partial charge in [0.1, 0.15) is 5.84 Å². The van der Waals surface area contributed by atoms with Crippen LogP contribution in [0.3, 0.4) is 0 Å². The van der Waals surface area contributed by atoms with Crippen LogP contribution in [0.5, 0.6) is 0 Å².